The Bertz CT molecular complexity index is 793. The van der Waals surface area contributed by atoms with E-state index in [-0.39, 0.29) is 16.3 Å². The van der Waals surface area contributed by atoms with Gasteiger partial charge in [0.15, 0.2) is 0 Å². The van der Waals surface area contributed by atoms with Gasteiger partial charge >= 0.3 is 0 Å². The number of hydrogen-bond acceptors (Lipinski definition) is 3. The number of nitrogens with one attached hydrogen (secondary N) is 1. The van der Waals surface area contributed by atoms with Gasteiger partial charge in [-0.3, -0.25) is 4.72 Å². The van der Waals surface area contributed by atoms with Gasteiger partial charge in [0.1, 0.15) is 16.5 Å². The van der Waals surface area contributed by atoms with Crippen LogP contribution in [-0.4, -0.2) is 15.0 Å². The van der Waals surface area contributed by atoms with E-state index in [9.17, 15) is 12.8 Å². The summed E-state index contributed by atoms with van der Waals surface area (Å²) in [5.41, 5.74) is 0.603. The van der Waals surface area contributed by atoms with E-state index in [2.05, 4.69) is 20.7 Å². The Morgan fingerprint density at radius 1 is 1.23 bits per heavy atom. The van der Waals surface area contributed by atoms with E-state index in [4.69, 9.17) is 4.74 Å². The van der Waals surface area contributed by atoms with Crippen LogP contribution in [0, 0.1) is 12.7 Å². The van der Waals surface area contributed by atoms with Crippen molar-refractivity contribution in [3.63, 3.8) is 0 Å². The first kappa shape index (κ1) is 16.8. The van der Waals surface area contributed by atoms with Gasteiger partial charge in [-0.15, -0.1) is 0 Å². The predicted molar refractivity (Wildman–Crippen MR) is 87.3 cm³/mol. The molecule has 0 saturated carbocycles. The van der Waals surface area contributed by atoms with Crippen LogP contribution in [0.1, 0.15) is 12.5 Å². The van der Waals surface area contributed by atoms with Crippen molar-refractivity contribution in [3.05, 3.63) is 52.3 Å². The lowest BCUT2D eigenvalue weighted by molar-refractivity contribution is 0.331. The van der Waals surface area contributed by atoms with Crippen LogP contribution in [0.15, 0.2) is 45.8 Å². The first-order valence-corrected chi connectivity index (χ1v) is 8.82. The Labute approximate surface area is 137 Å². The Balaban J connectivity index is 2.41. The second-order valence-corrected chi connectivity index (χ2v) is 7.16. The number of anilines is 1. The van der Waals surface area contributed by atoms with Crippen molar-refractivity contribution in [3.8, 4) is 5.75 Å². The van der Waals surface area contributed by atoms with Gasteiger partial charge in [-0.2, -0.15) is 0 Å². The van der Waals surface area contributed by atoms with Crippen molar-refractivity contribution < 1.29 is 17.5 Å². The van der Waals surface area contributed by atoms with E-state index in [1.807, 2.05) is 0 Å². The van der Waals surface area contributed by atoms with Crippen molar-refractivity contribution in [1.82, 2.24) is 0 Å². The number of benzene rings is 2. The lowest BCUT2D eigenvalue weighted by atomic mass is 10.2. The fourth-order valence-electron chi connectivity index (χ4n) is 1.83. The summed E-state index contributed by atoms with van der Waals surface area (Å²) in [6.07, 6.45) is 0. The number of halogens is 2. The number of rotatable bonds is 5. The van der Waals surface area contributed by atoms with Crippen molar-refractivity contribution in [1.29, 1.82) is 0 Å². The van der Waals surface area contributed by atoms with Crippen LogP contribution in [0.4, 0.5) is 10.1 Å². The van der Waals surface area contributed by atoms with E-state index in [1.54, 1.807) is 26.0 Å². The number of ether oxygens (including phenoxy) is 1. The number of hydrogen-bond donors (Lipinski definition) is 1. The molecule has 2 aromatic carbocycles. The van der Waals surface area contributed by atoms with Crippen molar-refractivity contribution in [2.45, 2.75) is 18.7 Å². The SMILES string of the molecule is CCOc1ccc(Br)cc1S(=O)(=O)Nc1ccc(C)c(F)c1. The predicted octanol–water partition coefficient (Wildman–Crippen LogP) is 4.10. The van der Waals surface area contributed by atoms with Gasteiger partial charge in [0.25, 0.3) is 10.0 Å². The Kier molecular flexibility index (Phi) is 5.08. The zero-order chi connectivity index (χ0) is 16.3. The van der Waals surface area contributed by atoms with E-state index in [0.29, 0.717) is 16.6 Å². The summed E-state index contributed by atoms with van der Waals surface area (Å²) in [5, 5.41) is 0. The molecule has 0 aliphatic heterocycles. The molecule has 0 radical (unpaired) electrons. The Hall–Kier alpha value is -1.60. The Morgan fingerprint density at radius 3 is 2.59 bits per heavy atom. The third-order valence-electron chi connectivity index (χ3n) is 2.92. The molecule has 0 fully saturated rings. The summed E-state index contributed by atoms with van der Waals surface area (Å²) < 4.78 is 46.9. The summed E-state index contributed by atoms with van der Waals surface area (Å²) in [7, 11) is -3.89. The zero-order valence-corrected chi connectivity index (χ0v) is 14.5. The zero-order valence-electron chi connectivity index (χ0n) is 12.1. The lowest BCUT2D eigenvalue weighted by Crippen LogP contribution is -2.14. The maximum absolute atomic E-state index is 13.6. The van der Waals surface area contributed by atoms with Crippen molar-refractivity contribution in [2.75, 3.05) is 11.3 Å². The van der Waals surface area contributed by atoms with Gasteiger partial charge in [-0.05, 0) is 49.7 Å². The molecule has 22 heavy (non-hydrogen) atoms. The summed E-state index contributed by atoms with van der Waals surface area (Å²) in [5.74, 6) is -0.231. The monoisotopic (exact) mass is 387 g/mol. The molecule has 0 spiro atoms. The second kappa shape index (κ2) is 6.66. The third-order valence-corrected chi connectivity index (χ3v) is 4.81. The smallest absolute Gasteiger partial charge is 0.265 e. The maximum Gasteiger partial charge on any atom is 0.265 e. The Morgan fingerprint density at radius 2 is 1.95 bits per heavy atom. The fraction of sp³-hybridized carbons (Fsp3) is 0.200. The van der Waals surface area contributed by atoms with E-state index in [0.717, 1.165) is 6.07 Å². The van der Waals surface area contributed by atoms with E-state index >= 15 is 0 Å². The molecular weight excluding hydrogens is 373 g/mol. The first-order chi connectivity index (χ1) is 10.3. The second-order valence-electron chi connectivity index (χ2n) is 4.59. The molecule has 0 aliphatic rings. The van der Waals surface area contributed by atoms with Gasteiger partial charge in [0, 0.05) is 4.47 Å². The molecule has 0 heterocycles. The van der Waals surface area contributed by atoms with Gasteiger partial charge in [-0.25, -0.2) is 12.8 Å². The molecular formula is C15H15BrFNO3S. The van der Waals surface area contributed by atoms with Crippen molar-refractivity contribution in [2.24, 2.45) is 0 Å². The third kappa shape index (κ3) is 3.78. The van der Waals surface area contributed by atoms with Crippen LogP contribution >= 0.6 is 15.9 Å². The summed E-state index contributed by atoms with van der Waals surface area (Å²) in [6.45, 7) is 3.71. The van der Waals surface area contributed by atoms with Gasteiger partial charge in [-0.1, -0.05) is 22.0 Å². The number of aryl methyl sites for hydroxylation is 1. The van der Waals surface area contributed by atoms with Crippen LogP contribution < -0.4 is 9.46 Å². The standard InChI is InChI=1S/C15H15BrFNO3S/c1-3-21-14-7-5-11(16)8-15(14)22(19,20)18-12-6-4-10(2)13(17)9-12/h4-9,18H,3H2,1-2H3. The van der Waals surface area contributed by atoms with E-state index < -0.39 is 15.8 Å². The average Bonchev–Trinajstić information content (AvgIpc) is 2.45. The highest BCUT2D eigenvalue weighted by molar-refractivity contribution is 9.10. The van der Waals surface area contributed by atoms with Crippen LogP contribution in [0.25, 0.3) is 0 Å². The normalized spacial score (nSPS) is 11.3. The van der Waals surface area contributed by atoms with Crippen molar-refractivity contribution >= 4 is 31.6 Å². The molecule has 0 saturated heterocycles. The average molecular weight is 388 g/mol. The minimum Gasteiger partial charge on any atom is -0.492 e. The highest BCUT2D eigenvalue weighted by Gasteiger charge is 2.20. The number of sulfonamides is 1. The van der Waals surface area contributed by atoms with Gasteiger partial charge in [0.2, 0.25) is 0 Å². The maximum atomic E-state index is 13.6. The molecule has 0 amide bonds. The van der Waals surface area contributed by atoms with Crippen LogP contribution in [0.2, 0.25) is 0 Å². The minimum absolute atomic E-state index is 0.00953. The molecule has 2 aromatic rings. The first-order valence-electron chi connectivity index (χ1n) is 6.55. The van der Waals surface area contributed by atoms with Crippen LogP contribution in [0.3, 0.4) is 0 Å². The van der Waals surface area contributed by atoms with Gasteiger partial charge < -0.3 is 4.74 Å². The molecule has 4 nitrogen and oxygen atoms in total. The summed E-state index contributed by atoms with van der Waals surface area (Å²) in [4.78, 5) is -0.00953. The highest BCUT2D eigenvalue weighted by Crippen LogP contribution is 2.29. The molecule has 0 atom stereocenters. The molecule has 0 aliphatic carbocycles. The molecule has 0 unspecified atom stereocenters. The quantitative estimate of drug-likeness (QED) is 0.839. The van der Waals surface area contributed by atoms with Gasteiger partial charge in [0.05, 0.1) is 12.3 Å². The van der Waals surface area contributed by atoms with Crippen LogP contribution in [-0.2, 0) is 10.0 Å². The molecule has 2 rings (SSSR count). The lowest BCUT2D eigenvalue weighted by Gasteiger charge is -2.13. The van der Waals surface area contributed by atoms with E-state index in [1.165, 1.54) is 18.2 Å². The molecule has 0 bridgehead atoms. The molecule has 7 heteroatoms. The fourth-order valence-corrected chi connectivity index (χ4v) is 3.57. The molecule has 0 aromatic heterocycles. The summed E-state index contributed by atoms with van der Waals surface area (Å²) >= 11 is 3.24. The largest absolute Gasteiger partial charge is 0.492 e. The summed E-state index contributed by atoms with van der Waals surface area (Å²) in [6, 6.07) is 8.86. The van der Waals surface area contributed by atoms with Crippen LogP contribution in [0.5, 0.6) is 5.75 Å². The minimum atomic E-state index is -3.89. The molecule has 1 N–H and O–H groups in total. The molecule has 118 valence electrons. The highest BCUT2D eigenvalue weighted by atomic mass is 79.9. The topological polar surface area (TPSA) is 55.4 Å².